The van der Waals surface area contributed by atoms with Crippen LogP contribution in [0.15, 0.2) is 70.5 Å². The molecular formula is C42H24N2O6S5. The summed E-state index contributed by atoms with van der Waals surface area (Å²) in [6.07, 6.45) is 0. The number of hydrogen-bond acceptors (Lipinski definition) is 13. The van der Waals surface area contributed by atoms with Gasteiger partial charge in [0.25, 0.3) is 0 Å². The van der Waals surface area contributed by atoms with Gasteiger partial charge in [-0.15, -0.1) is 22.7 Å². The molecule has 0 saturated carbocycles. The lowest BCUT2D eigenvalue weighted by Crippen LogP contribution is -2.15. The molecule has 0 aliphatic carbocycles. The number of thioether (sulfide) groups is 2. The zero-order valence-corrected chi connectivity index (χ0v) is 33.1. The van der Waals surface area contributed by atoms with Gasteiger partial charge in [-0.3, -0.25) is 9.59 Å². The molecule has 0 unspecified atom stereocenters. The molecule has 0 atom stereocenters. The number of ether oxygens (including phenoxy) is 4. The van der Waals surface area contributed by atoms with Crippen LogP contribution in [-0.4, -0.2) is 45.4 Å². The Kier molecular flexibility index (Phi) is 10.8. The molecule has 3 aromatic heterocycles. The first-order chi connectivity index (χ1) is 26.9. The smallest absolute Gasteiger partial charge is 0.190 e. The Hall–Kier alpha value is -5.64. The number of hydrogen-bond donors (Lipinski definition) is 0. The largest absolute Gasteiger partial charge is 0.484 e. The van der Waals surface area contributed by atoms with Gasteiger partial charge in [-0.05, 0) is 84.3 Å². The molecule has 0 saturated heterocycles. The number of aromatic nitrogens is 2. The number of carbonyl (C=O) groups is 2. The van der Waals surface area contributed by atoms with Crippen LogP contribution in [0, 0.1) is 47.4 Å². The number of benzene rings is 3. The van der Waals surface area contributed by atoms with E-state index in [1.807, 2.05) is 60.7 Å². The number of rotatable bonds is 2. The third kappa shape index (κ3) is 8.38. The van der Waals surface area contributed by atoms with Gasteiger partial charge in [-0.25, -0.2) is 0 Å². The summed E-state index contributed by atoms with van der Waals surface area (Å²) in [4.78, 5) is 27.5. The first kappa shape index (κ1) is 36.3. The van der Waals surface area contributed by atoms with E-state index in [0.29, 0.717) is 81.3 Å². The summed E-state index contributed by atoms with van der Waals surface area (Å²) in [5.74, 6) is 28.3. The molecule has 8 nitrogen and oxygen atoms in total. The molecule has 8 rings (SSSR count). The van der Waals surface area contributed by atoms with Gasteiger partial charge in [-0.1, -0.05) is 47.2 Å². The van der Waals surface area contributed by atoms with Crippen molar-refractivity contribution >= 4 is 79.2 Å². The number of fused-ring (bicyclic) bond motifs is 3. The van der Waals surface area contributed by atoms with Crippen molar-refractivity contribution in [2.45, 2.75) is 23.6 Å². The highest BCUT2D eigenvalue weighted by Gasteiger charge is 2.24. The molecule has 2 aliphatic heterocycles. The van der Waals surface area contributed by atoms with Crippen LogP contribution in [0.5, 0.6) is 23.0 Å². The van der Waals surface area contributed by atoms with Crippen LogP contribution in [-0.2, 0) is 9.59 Å². The normalized spacial score (nSPS) is 12.2. The van der Waals surface area contributed by atoms with Gasteiger partial charge in [0.05, 0.1) is 22.9 Å². The lowest BCUT2D eigenvalue weighted by molar-refractivity contribution is -0.109. The van der Waals surface area contributed by atoms with Crippen molar-refractivity contribution in [2.75, 3.05) is 26.4 Å². The molecule has 0 N–H and O–H groups in total. The van der Waals surface area contributed by atoms with E-state index >= 15 is 0 Å². The molecule has 268 valence electrons. The Morgan fingerprint density at radius 1 is 0.509 bits per heavy atom. The van der Waals surface area contributed by atoms with E-state index in [-0.39, 0.29) is 10.2 Å². The monoisotopic (exact) mass is 812 g/mol. The Bertz CT molecular complexity index is 2570. The van der Waals surface area contributed by atoms with Gasteiger partial charge in [0, 0.05) is 34.8 Å². The molecule has 3 aromatic carbocycles. The number of carbonyl (C=O) groups excluding carboxylic acids is 2. The second kappa shape index (κ2) is 16.4. The summed E-state index contributed by atoms with van der Waals surface area (Å²) >= 11 is 6.31. The summed E-state index contributed by atoms with van der Waals surface area (Å²) in [5, 5.41) is 0.0715. The lowest BCUT2D eigenvalue weighted by atomic mass is 10.1. The highest BCUT2D eigenvalue weighted by molar-refractivity contribution is 8.13. The molecule has 6 aromatic rings. The predicted octanol–water partition coefficient (Wildman–Crippen LogP) is 8.23. The molecule has 5 heterocycles. The first-order valence-electron chi connectivity index (χ1n) is 16.6. The number of thiophene rings is 2. The zero-order valence-electron chi connectivity index (χ0n) is 29.0. The maximum atomic E-state index is 11.4. The van der Waals surface area contributed by atoms with Crippen LogP contribution in [0.3, 0.4) is 0 Å². The van der Waals surface area contributed by atoms with Gasteiger partial charge in [-0.2, -0.15) is 8.75 Å². The van der Waals surface area contributed by atoms with Gasteiger partial charge >= 0.3 is 0 Å². The van der Waals surface area contributed by atoms with E-state index in [1.54, 1.807) is 13.8 Å². The van der Waals surface area contributed by atoms with E-state index in [0.717, 1.165) is 42.4 Å². The van der Waals surface area contributed by atoms with E-state index < -0.39 is 0 Å². The minimum absolute atomic E-state index is 0.0357. The van der Waals surface area contributed by atoms with Crippen molar-refractivity contribution in [3.05, 3.63) is 102 Å². The average molecular weight is 813 g/mol. The van der Waals surface area contributed by atoms with Gasteiger partial charge < -0.3 is 18.9 Å². The van der Waals surface area contributed by atoms with Crippen molar-refractivity contribution in [1.29, 1.82) is 0 Å². The molecule has 0 radical (unpaired) electrons. The third-order valence-electron chi connectivity index (χ3n) is 7.71. The van der Waals surface area contributed by atoms with Crippen molar-refractivity contribution in [3.63, 3.8) is 0 Å². The van der Waals surface area contributed by atoms with Crippen LogP contribution < -0.4 is 18.9 Å². The fraction of sp³-hybridized carbons (Fsp3) is 0.143. The molecule has 0 spiro atoms. The van der Waals surface area contributed by atoms with Crippen molar-refractivity contribution in [2.24, 2.45) is 0 Å². The van der Waals surface area contributed by atoms with Gasteiger partial charge in [0.2, 0.25) is 0 Å². The SMILES string of the molecule is CC(=O)Sc1ccc(C#Cc2sc(C#Cc3ccc(C#Cc4sc(C#Cc5ccc(SC(C)=O)cc5)c5c4OCCO5)c4nsnc34)c3c2OCCO3)cc1. The van der Waals surface area contributed by atoms with Crippen LogP contribution in [0.2, 0.25) is 0 Å². The van der Waals surface area contributed by atoms with E-state index in [1.165, 1.54) is 46.2 Å². The van der Waals surface area contributed by atoms with Crippen LogP contribution in [0.4, 0.5) is 0 Å². The van der Waals surface area contributed by atoms with Crippen LogP contribution in [0.1, 0.15) is 55.6 Å². The first-order valence-corrected chi connectivity index (χ1v) is 20.6. The van der Waals surface area contributed by atoms with E-state index in [9.17, 15) is 9.59 Å². The molecule has 55 heavy (non-hydrogen) atoms. The summed E-state index contributed by atoms with van der Waals surface area (Å²) in [6.45, 7) is 4.78. The second-order valence-electron chi connectivity index (χ2n) is 11.6. The molecular weight excluding hydrogens is 789 g/mol. The molecule has 0 amide bonds. The average Bonchev–Trinajstić information content (AvgIpc) is 3.92. The second-order valence-corrected chi connectivity index (χ2v) is 16.7. The van der Waals surface area contributed by atoms with Gasteiger partial charge in [0.15, 0.2) is 33.2 Å². The quantitative estimate of drug-likeness (QED) is 0.126. The predicted molar refractivity (Wildman–Crippen MR) is 218 cm³/mol. The van der Waals surface area contributed by atoms with E-state index in [4.69, 9.17) is 18.9 Å². The highest BCUT2D eigenvalue weighted by Crippen LogP contribution is 2.44. The summed E-state index contributed by atoms with van der Waals surface area (Å²) in [6, 6.07) is 18.9. The fourth-order valence-corrected chi connectivity index (χ4v) is 8.93. The zero-order chi connectivity index (χ0) is 37.7. The Morgan fingerprint density at radius 2 is 0.855 bits per heavy atom. The lowest BCUT2D eigenvalue weighted by Gasteiger charge is -2.15. The van der Waals surface area contributed by atoms with Crippen molar-refractivity contribution in [3.8, 4) is 70.4 Å². The van der Waals surface area contributed by atoms with Crippen LogP contribution in [0.25, 0.3) is 11.0 Å². The Balaban J connectivity index is 1.05. The summed E-state index contributed by atoms with van der Waals surface area (Å²) in [7, 11) is 0. The van der Waals surface area contributed by atoms with Crippen molar-refractivity contribution in [1.82, 2.24) is 8.75 Å². The summed E-state index contributed by atoms with van der Waals surface area (Å²) in [5.41, 5.74) is 4.37. The Morgan fingerprint density at radius 3 is 1.20 bits per heavy atom. The molecule has 13 heteroatoms. The molecule has 2 aliphatic rings. The maximum Gasteiger partial charge on any atom is 0.190 e. The standard InChI is InChI=1S/C42H24N2O6S5/c1-25(45)51-31-13-3-27(4-14-31)7-17-33-39-41(49-23-21-47-39)35(53-33)19-11-29-9-10-30(38-37(29)43-55-44-38)12-20-36-42-40(48-22-24-50-42)34(54-36)18-8-28-5-15-32(16-6-28)52-26(2)46/h3-6,9-10,13-16H,21-24H2,1-2H3. The van der Waals surface area contributed by atoms with E-state index in [2.05, 4.69) is 56.1 Å². The van der Waals surface area contributed by atoms with Crippen LogP contribution >= 0.6 is 57.9 Å². The maximum absolute atomic E-state index is 11.4. The van der Waals surface area contributed by atoms with Gasteiger partial charge in [0.1, 0.15) is 57.0 Å². The minimum atomic E-state index is 0.0357. The third-order valence-corrected chi connectivity index (χ3v) is 11.8. The van der Waals surface area contributed by atoms with Crippen molar-refractivity contribution < 1.29 is 28.5 Å². The topological polar surface area (TPSA) is 96.8 Å². The highest BCUT2D eigenvalue weighted by atomic mass is 32.2. The Labute approximate surface area is 337 Å². The number of nitrogens with zero attached hydrogens (tertiary/aromatic N) is 2. The summed E-state index contributed by atoms with van der Waals surface area (Å²) < 4.78 is 33.0. The fourth-order valence-electron chi connectivity index (χ4n) is 5.35. The molecule has 0 fully saturated rings. The minimum Gasteiger partial charge on any atom is -0.484 e. The molecule has 0 bridgehead atoms.